The van der Waals surface area contributed by atoms with E-state index in [1.165, 1.54) is 34.6 Å². The van der Waals surface area contributed by atoms with Crippen molar-refractivity contribution in [1.82, 2.24) is 15.5 Å². The highest BCUT2D eigenvalue weighted by molar-refractivity contribution is 5.97. The van der Waals surface area contributed by atoms with Crippen molar-refractivity contribution < 1.29 is 24.6 Å². The van der Waals surface area contributed by atoms with Gasteiger partial charge in [-0.2, -0.15) is 0 Å². The summed E-state index contributed by atoms with van der Waals surface area (Å²) in [5, 5.41) is 23.6. The molecular formula is C15H29N3O5. The number of nitrogens with zero attached hydrogens (tertiary/aromatic N) is 1. The van der Waals surface area contributed by atoms with Gasteiger partial charge in [-0.25, -0.2) is 4.90 Å². The SMILES string of the molecule is CC(=O)C(C)(C)NC(=O)C(C)(C)NC(=O)C(C)(C)N(CO)CO. The Bertz CT molecular complexity index is 468. The molecule has 0 aromatic rings. The van der Waals surface area contributed by atoms with Crippen molar-refractivity contribution in [3.8, 4) is 0 Å². The molecule has 0 saturated heterocycles. The minimum absolute atomic E-state index is 0.208. The van der Waals surface area contributed by atoms with E-state index in [2.05, 4.69) is 10.6 Å². The number of rotatable bonds is 8. The highest BCUT2D eigenvalue weighted by Crippen LogP contribution is 2.16. The molecule has 4 N–H and O–H groups in total. The van der Waals surface area contributed by atoms with Gasteiger partial charge in [-0.3, -0.25) is 14.4 Å². The lowest BCUT2D eigenvalue weighted by Crippen LogP contribution is -2.65. The summed E-state index contributed by atoms with van der Waals surface area (Å²) in [6.45, 7) is 9.55. The molecule has 0 saturated carbocycles. The molecule has 0 spiro atoms. The van der Waals surface area contributed by atoms with E-state index in [-0.39, 0.29) is 5.78 Å². The van der Waals surface area contributed by atoms with Gasteiger partial charge in [-0.05, 0) is 48.5 Å². The number of aliphatic hydroxyl groups is 2. The van der Waals surface area contributed by atoms with Crippen LogP contribution >= 0.6 is 0 Å². The highest BCUT2D eigenvalue weighted by atomic mass is 16.3. The van der Waals surface area contributed by atoms with Crippen molar-refractivity contribution in [2.45, 2.75) is 65.1 Å². The van der Waals surface area contributed by atoms with Crippen LogP contribution in [0.4, 0.5) is 0 Å². The van der Waals surface area contributed by atoms with Crippen molar-refractivity contribution in [2.24, 2.45) is 0 Å². The lowest BCUT2D eigenvalue weighted by atomic mass is 9.95. The first-order chi connectivity index (χ1) is 10.2. The van der Waals surface area contributed by atoms with Gasteiger partial charge in [0.15, 0.2) is 5.78 Å². The second-order valence-corrected chi connectivity index (χ2v) is 7.10. The summed E-state index contributed by atoms with van der Waals surface area (Å²) in [6, 6.07) is 0. The van der Waals surface area contributed by atoms with Crippen LogP contribution in [0, 0.1) is 0 Å². The molecule has 0 aliphatic rings. The van der Waals surface area contributed by atoms with Crippen molar-refractivity contribution in [3.63, 3.8) is 0 Å². The van der Waals surface area contributed by atoms with E-state index in [1.54, 1.807) is 13.8 Å². The Morgan fingerprint density at radius 3 is 1.57 bits per heavy atom. The maximum atomic E-state index is 12.4. The number of hydrogen-bond acceptors (Lipinski definition) is 6. The van der Waals surface area contributed by atoms with Crippen LogP contribution in [0.25, 0.3) is 0 Å². The summed E-state index contributed by atoms with van der Waals surface area (Å²) < 4.78 is 0. The van der Waals surface area contributed by atoms with Gasteiger partial charge in [0.25, 0.3) is 0 Å². The largest absolute Gasteiger partial charge is 0.381 e. The fourth-order valence-corrected chi connectivity index (χ4v) is 1.56. The predicted molar refractivity (Wildman–Crippen MR) is 85.2 cm³/mol. The highest BCUT2D eigenvalue weighted by Gasteiger charge is 2.40. The molecule has 0 radical (unpaired) electrons. The molecule has 0 aromatic heterocycles. The molecule has 2 amide bonds. The summed E-state index contributed by atoms with van der Waals surface area (Å²) in [4.78, 5) is 37.4. The Morgan fingerprint density at radius 1 is 0.826 bits per heavy atom. The van der Waals surface area contributed by atoms with E-state index in [1.807, 2.05) is 0 Å². The molecule has 0 heterocycles. The quantitative estimate of drug-likeness (QED) is 0.439. The molecule has 0 aromatic carbocycles. The Labute approximate surface area is 137 Å². The van der Waals surface area contributed by atoms with Crippen LogP contribution in [0.3, 0.4) is 0 Å². The summed E-state index contributed by atoms with van der Waals surface area (Å²) in [7, 11) is 0. The van der Waals surface area contributed by atoms with Crippen LogP contribution in [0.5, 0.6) is 0 Å². The molecule has 23 heavy (non-hydrogen) atoms. The average molecular weight is 331 g/mol. The zero-order valence-corrected chi connectivity index (χ0v) is 15.0. The van der Waals surface area contributed by atoms with Crippen LogP contribution in [-0.2, 0) is 14.4 Å². The van der Waals surface area contributed by atoms with Gasteiger partial charge in [0.05, 0.1) is 24.5 Å². The molecule has 0 bridgehead atoms. The number of nitrogens with one attached hydrogen (secondary N) is 2. The minimum atomic E-state index is -1.28. The standard InChI is InChI=1S/C15H29N3O5/c1-10(21)13(2,3)16-11(22)14(4,5)17-12(23)15(6,7)18(8-19)9-20/h19-20H,8-9H2,1-7H3,(H,16,22)(H,17,23). The fourth-order valence-electron chi connectivity index (χ4n) is 1.56. The zero-order valence-electron chi connectivity index (χ0n) is 15.0. The Kier molecular flexibility index (Phi) is 6.89. The van der Waals surface area contributed by atoms with E-state index in [4.69, 9.17) is 0 Å². The molecule has 0 fully saturated rings. The molecule has 8 heteroatoms. The fraction of sp³-hybridized carbons (Fsp3) is 0.800. The normalized spacial score (nSPS) is 13.0. The summed E-state index contributed by atoms with van der Waals surface area (Å²) in [5.41, 5.74) is -3.55. The van der Waals surface area contributed by atoms with Crippen LogP contribution < -0.4 is 10.6 Å². The third-order valence-electron chi connectivity index (χ3n) is 3.99. The third-order valence-corrected chi connectivity index (χ3v) is 3.99. The van der Waals surface area contributed by atoms with E-state index < -0.39 is 41.9 Å². The van der Waals surface area contributed by atoms with Crippen LogP contribution in [0.2, 0.25) is 0 Å². The first kappa shape index (κ1) is 21.5. The molecular weight excluding hydrogens is 302 g/mol. The van der Waals surface area contributed by atoms with E-state index >= 15 is 0 Å². The second kappa shape index (κ2) is 7.37. The van der Waals surface area contributed by atoms with Gasteiger partial charge >= 0.3 is 0 Å². The first-order valence-electron chi connectivity index (χ1n) is 7.35. The minimum Gasteiger partial charge on any atom is -0.381 e. The van der Waals surface area contributed by atoms with Crippen LogP contribution in [0.15, 0.2) is 0 Å². The Hall–Kier alpha value is -1.51. The van der Waals surface area contributed by atoms with Gasteiger partial charge in [-0.15, -0.1) is 0 Å². The topological polar surface area (TPSA) is 119 Å². The molecule has 0 unspecified atom stereocenters. The number of carbonyl (C=O) groups is 3. The molecule has 134 valence electrons. The Balaban J connectivity index is 5.15. The summed E-state index contributed by atoms with van der Waals surface area (Å²) in [6.07, 6.45) is 0. The van der Waals surface area contributed by atoms with Gasteiger partial charge in [0, 0.05) is 0 Å². The molecule has 0 atom stereocenters. The average Bonchev–Trinajstić information content (AvgIpc) is 2.38. The molecule has 0 aliphatic carbocycles. The Morgan fingerprint density at radius 2 is 1.22 bits per heavy atom. The molecule has 0 rings (SSSR count). The summed E-state index contributed by atoms with van der Waals surface area (Å²) in [5.74, 6) is -1.26. The smallest absolute Gasteiger partial charge is 0.245 e. The number of aliphatic hydroxyl groups excluding tert-OH is 2. The maximum absolute atomic E-state index is 12.4. The first-order valence-corrected chi connectivity index (χ1v) is 7.35. The van der Waals surface area contributed by atoms with Crippen molar-refractivity contribution >= 4 is 17.6 Å². The van der Waals surface area contributed by atoms with E-state index in [0.29, 0.717) is 0 Å². The molecule has 0 aliphatic heterocycles. The van der Waals surface area contributed by atoms with Crippen molar-refractivity contribution in [2.75, 3.05) is 13.5 Å². The van der Waals surface area contributed by atoms with Gasteiger partial charge in [0.1, 0.15) is 5.54 Å². The predicted octanol–water partition coefficient (Wildman–Crippen LogP) is -0.655. The zero-order chi connectivity index (χ0) is 18.6. The lowest BCUT2D eigenvalue weighted by molar-refractivity contribution is -0.144. The second-order valence-electron chi connectivity index (χ2n) is 7.10. The monoisotopic (exact) mass is 331 g/mol. The number of carbonyl (C=O) groups excluding carboxylic acids is 3. The van der Waals surface area contributed by atoms with Crippen LogP contribution in [-0.4, -0.2) is 62.8 Å². The number of Topliss-reactive ketones (excluding diaryl/α,β-unsaturated/α-hetero) is 1. The number of hydrogen-bond donors (Lipinski definition) is 4. The number of ketones is 1. The summed E-state index contributed by atoms with van der Waals surface area (Å²) >= 11 is 0. The van der Waals surface area contributed by atoms with Crippen LogP contribution in [0.1, 0.15) is 48.5 Å². The lowest BCUT2D eigenvalue weighted by Gasteiger charge is -2.38. The molecule has 8 nitrogen and oxygen atoms in total. The van der Waals surface area contributed by atoms with Crippen molar-refractivity contribution in [1.29, 1.82) is 0 Å². The van der Waals surface area contributed by atoms with Gasteiger partial charge < -0.3 is 20.8 Å². The third kappa shape index (κ3) is 5.26. The van der Waals surface area contributed by atoms with Gasteiger partial charge in [-0.1, -0.05) is 0 Å². The maximum Gasteiger partial charge on any atom is 0.245 e. The number of amides is 2. The van der Waals surface area contributed by atoms with E-state index in [0.717, 1.165) is 4.90 Å². The van der Waals surface area contributed by atoms with Crippen molar-refractivity contribution in [3.05, 3.63) is 0 Å². The van der Waals surface area contributed by atoms with E-state index in [9.17, 15) is 24.6 Å². The van der Waals surface area contributed by atoms with Gasteiger partial charge in [0.2, 0.25) is 11.8 Å².